The highest BCUT2D eigenvalue weighted by Crippen LogP contribution is 2.37. The fraction of sp³-hybridized carbons (Fsp3) is 1.00. The maximum Gasteiger partial charge on any atom is 0.0615 e. The molecule has 1 aliphatic rings. The van der Waals surface area contributed by atoms with Crippen molar-refractivity contribution in [3.63, 3.8) is 0 Å². The highest BCUT2D eigenvalue weighted by molar-refractivity contribution is 9.09. The van der Waals surface area contributed by atoms with Crippen LogP contribution in [0.15, 0.2) is 0 Å². The Morgan fingerprint density at radius 3 is 2.28 bits per heavy atom. The molecule has 1 saturated carbocycles. The van der Waals surface area contributed by atoms with Gasteiger partial charge in [0.25, 0.3) is 0 Å². The maximum atomic E-state index is 5.31. The van der Waals surface area contributed by atoms with Gasteiger partial charge in [-0.25, -0.2) is 0 Å². The van der Waals surface area contributed by atoms with Gasteiger partial charge >= 0.3 is 0 Å². The summed E-state index contributed by atoms with van der Waals surface area (Å²) in [6.45, 7) is 7.74. The van der Waals surface area contributed by atoms with E-state index >= 15 is 0 Å². The summed E-state index contributed by atoms with van der Waals surface area (Å²) in [6, 6.07) is 0.527. The van der Waals surface area contributed by atoms with Gasteiger partial charge in [-0.3, -0.25) is 4.90 Å². The standard InChI is InChI=1S/C15H30BrNO/c1-4-17(14(2)11-18-3)13-15(12-16)9-7-5-6-8-10-15/h14H,4-13H2,1-3H3. The van der Waals surface area contributed by atoms with E-state index in [0.29, 0.717) is 11.5 Å². The molecule has 0 spiro atoms. The predicted molar refractivity (Wildman–Crippen MR) is 82.5 cm³/mol. The molecule has 1 aliphatic carbocycles. The lowest BCUT2D eigenvalue weighted by molar-refractivity contribution is 0.0675. The average Bonchev–Trinajstić information content (AvgIpc) is 2.62. The van der Waals surface area contributed by atoms with Crippen LogP contribution in [0.2, 0.25) is 0 Å². The Kier molecular flexibility index (Phi) is 7.81. The molecule has 0 radical (unpaired) electrons. The van der Waals surface area contributed by atoms with E-state index in [2.05, 4.69) is 34.7 Å². The first-order valence-corrected chi connectivity index (χ1v) is 8.58. The number of hydrogen-bond donors (Lipinski definition) is 0. The van der Waals surface area contributed by atoms with Gasteiger partial charge in [0.05, 0.1) is 6.61 Å². The van der Waals surface area contributed by atoms with Crippen LogP contribution in [0.4, 0.5) is 0 Å². The highest BCUT2D eigenvalue weighted by Gasteiger charge is 2.32. The zero-order valence-corrected chi connectivity index (χ0v) is 14.0. The quantitative estimate of drug-likeness (QED) is 0.518. The number of rotatable bonds is 7. The summed E-state index contributed by atoms with van der Waals surface area (Å²) in [5.41, 5.74) is 0.495. The third-order valence-corrected chi connectivity index (χ3v) is 5.61. The molecule has 0 bridgehead atoms. The van der Waals surface area contributed by atoms with Crippen molar-refractivity contribution in [2.24, 2.45) is 5.41 Å². The molecule has 1 fully saturated rings. The van der Waals surface area contributed by atoms with Crippen molar-refractivity contribution in [3.05, 3.63) is 0 Å². The van der Waals surface area contributed by atoms with Crippen LogP contribution in [0, 0.1) is 5.41 Å². The molecule has 0 N–H and O–H groups in total. The van der Waals surface area contributed by atoms with E-state index in [9.17, 15) is 0 Å². The molecule has 1 unspecified atom stereocenters. The Hall–Kier alpha value is 0.400. The minimum absolute atomic E-state index is 0.495. The van der Waals surface area contributed by atoms with Crippen LogP contribution in [0.25, 0.3) is 0 Å². The van der Waals surface area contributed by atoms with Gasteiger partial charge in [0.15, 0.2) is 0 Å². The Balaban J connectivity index is 2.62. The Labute approximate surface area is 122 Å². The molecule has 0 amide bonds. The summed E-state index contributed by atoms with van der Waals surface area (Å²) < 4.78 is 5.31. The summed E-state index contributed by atoms with van der Waals surface area (Å²) in [5, 5.41) is 1.15. The van der Waals surface area contributed by atoms with Crippen LogP contribution < -0.4 is 0 Å². The number of hydrogen-bond acceptors (Lipinski definition) is 2. The Morgan fingerprint density at radius 1 is 1.22 bits per heavy atom. The van der Waals surface area contributed by atoms with Crippen LogP contribution in [-0.2, 0) is 4.74 Å². The summed E-state index contributed by atoms with van der Waals surface area (Å²) >= 11 is 3.79. The molecule has 0 aromatic heterocycles. The highest BCUT2D eigenvalue weighted by atomic mass is 79.9. The molecule has 108 valence electrons. The minimum Gasteiger partial charge on any atom is -0.383 e. The first-order chi connectivity index (χ1) is 8.67. The predicted octanol–water partition coefficient (Wildman–Crippen LogP) is 4.08. The summed E-state index contributed by atoms with van der Waals surface area (Å²) in [7, 11) is 1.80. The first-order valence-electron chi connectivity index (χ1n) is 7.46. The SMILES string of the molecule is CCN(CC1(CBr)CCCCCC1)C(C)COC. The van der Waals surface area contributed by atoms with E-state index in [1.165, 1.54) is 45.1 Å². The van der Waals surface area contributed by atoms with Crippen molar-refractivity contribution in [2.75, 3.05) is 32.1 Å². The van der Waals surface area contributed by atoms with Crippen LogP contribution in [0.5, 0.6) is 0 Å². The van der Waals surface area contributed by atoms with Crippen LogP contribution >= 0.6 is 15.9 Å². The van der Waals surface area contributed by atoms with E-state index in [0.717, 1.165) is 18.5 Å². The zero-order valence-electron chi connectivity index (χ0n) is 12.4. The monoisotopic (exact) mass is 319 g/mol. The molecule has 18 heavy (non-hydrogen) atoms. The molecule has 2 nitrogen and oxygen atoms in total. The number of nitrogens with zero attached hydrogens (tertiary/aromatic N) is 1. The van der Waals surface area contributed by atoms with Gasteiger partial charge in [-0.2, -0.15) is 0 Å². The maximum absolute atomic E-state index is 5.31. The van der Waals surface area contributed by atoms with Gasteiger partial charge in [-0.1, -0.05) is 48.5 Å². The second kappa shape index (κ2) is 8.55. The van der Waals surface area contributed by atoms with Crippen molar-refractivity contribution < 1.29 is 4.74 Å². The lowest BCUT2D eigenvalue weighted by Gasteiger charge is -2.39. The topological polar surface area (TPSA) is 12.5 Å². The third-order valence-electron chi connectivity index (χ3n) is 4.42. The molecule has 3 heteroatoms. The number of ether oxygens (including phenoxy) is 1. The van der Waals surface area contributed by atoms with Gasteiger partial charge in [-0.15, -0.1) is 0 Å². The average molecular weight is 320 g/mol. The molecular weight excluding hydrogens is 290 g/mol. The second-order valence-corrected chi connectivity index (χ2v) is 6.48. The van der Waals surface area contributed by atoms with Gasteiger partial charge in [0.2, 0.25) is 0 Å². The summed E-state index contributed by atoms with van der Waals surface area (Å²) in [5.74, 6) is 0. The van der Waals surface area contributed by atoms with Gasteiger partial charge in [0.1, 0.15) is 0 Å². The molecule has 0 aliphatic heterocycles. The molecular formula is C15H30BrNO. The van der Waals surface area contributed by atoms with E-state index in [1.54, 1.807) is 7.11 Å². The first kappa shape index (κ1) is 16.5. The number of methoxy groups -OCH3 is 1. The molecule has 0 aromatic rings. The zero-order chi connectivity index (χ0) is 13.4. The fourth-order valence-electron chi connectivity index (χ4n) is 3.17. The molecule has 0 saturated heterocycles. The molecule has 0 aromatic carbocycles. The largest absolute Gasteiger partial charge is 0.383 e. The summed E-state index contributed by atoms with van der Waals surface area (Å²) in [6.07, 6.45) is 8.43. The van der Waals surface area contributed by atoms with Crippen LogP contribution in [-0.4, -0.2) is 43.1 Å². The third kappa shape index (κ3) is 4.82. The number of alkyl halides is 1. The van der Waals surface area contributed by atoms with Gasteiger partial charge in [0, 0.05) is 25.0 Å². The van der Waals surface area contributed by atoms with E-state index in [4.69, 9.17) is 4.74 Å². The molecule has 1 rings (SSSR count). The number of likely N-dealkylation sites (N-methyl/N-ethyl adjacent to an activating group) is 1. The lowest BCUT2D eigenvalue weighted by Crippen LogP contribution is -2.44. The van der Waals surface area contributed by atoms with E-state index in [-0.39, 0.29) is 0 Å². The smallest absolute Gasteiger partial charge is 0.0615 e. The van der Waals surface area contributed by atoms with Gasteiger partial charge < -0.3 is 4.74 Å². The van der Waals surface area contributed by atoms with Gasteiger partial charge in [-0.05, 0) is 31.7 Å². The van der Waals surface area contributed by atoms with Crippen LogP contribution in [0.3, 0.4) is 0 Å². The molecule has 0 heterocycles. The van der Waals surface area contributed by atoms with Crippen molar-refractivity contribution in [2.45, 2.75) is 58.4 Å². The minimum atomic E-state index is 0.495. The van der Waals surface area contributed by atoms with Crippen molar-refractivity contribution in [1.82, 2.24) is 4.90 Å². The van der Waals surface area contributed by atoms with Crippen molar-refractivity contribution in [1.29, 1.82) is 0 Å². The normalized spacial score (nSPS) is 21.8. The van der Waals surface area contributed by atoms with Crippen LogP contribution in [0.1, 0.15) is 52.4 Å². The summed E-state index contributed by atoms with van der Waals surface area (Å²) in [4.78, 5) is 2.59. The molecule has 1 atom stereocenters. The van der Waals surface area contributed by atoms with E-state index < -0.39 is 0 Å². The Morgan fingerprint density at radius 2 is 1.83 bits per heavy atom. The lowest BCUT2D eigenvalue weighted by atomic mass is 9.81. The fourth-order valence-corrected chi connectivity index (χ4v) is 3.91. The van der Waals surface area contributed by atoms with E-state index in [1.807, 2.05) is 0 Å². The van der Waals surface area contributed by atoms with Crippen molar-refractivity contribution >= 4 is 15.9 Å². The Bertz CT molecular complexity index is 215. The van der Waals surface area contributed by atoms with Crippen molar-refractivity contribution in [3.8, 4) is 0 Å². The second-order valence-electron chi connectivity index (χ2n) is 5.92. The number of halogens is 1.